The van der Waals surface area contributed by atoms with Crippen LogP contribution in [0, 0.1) is 12.7 Å². The highest BCUT2D eigenvalue weighted by molar-refractivity contribution is 5.81. The van der Waals surface area contributed by atoms with Gasteiger partial charge in [0, 0.05) is 25.3 Å². The van der Waals surface area contributed by atoms with Crippen molar-refractivity contribution in [2.24, 2.45) is 0 Å². The number of piperidine rings is 1. The average Bonchev–Trinajstić information content (AvgIpc) is 3.19. The van der Waals surface area contributed by atoms with Crippen molar-refractivity contribution in [3.63, 3.8) is 0 Å². The van der Waals surface area contributed by atoms with Crippen LogP contribution in [0.5, 0.6) is 5.75 Å². The smallest absolute Gasteiger partial charge is 0.282 e. The van der Waals surface area contributed by atoms with E-state index in [0.717, 1.165) is 4.90 Å². The Labute approximate surface area is 170 Å². The molecule has 160 valence electrons. The van der Waals surface area contributed by atoms with Gasteiger partial charge in [0.15, 0.2) is 0 Å². The fraction of sp³-hybridized carbons (Fsp3) is 0.400. The molecule has 0 aliphatic carbocycles. The number of fused-ring (bicyclic) bond motifs is 1. The monoisotopic (exact) mass is 423 g/mol. The summed E-state index contributed by atoms with van der Waals surface area (Å²) in [6.45, 7) is 2.03. The van der Waals surface area contributed by atoms with E-state index >= 15 is 0 Å². The molecule has 2 atom stereocenters. The van der Waals surface area contributed by atoms with Crippen molar-refractivity contribution in [2.45, 2.75) is 38.5 Å². The van der Waals surface area contributed by atoms with Gasteiger partial charge < -0.3 is 10.4 Å². The maximum absolute atomic E-state index is 14.5. The Kier molecular flexibility index (Phi) is 5.50. The number of hydrogen-bond acceptors (Lipinski definition) is 5. The number of anilines is 1. The highest BCUT2D eigenvalue weighted by Gasteiger charge is 2.32. The molecule has 1 saturated heterocycles. The van der Waals surface area contributed by atoms with Crippen molar-refractivity contribution in [1.29, 1.82) is 0 Å². The molecule has 0 bridgehead atoms. The van der Waals surface area contributed by atoms with E-state index in [9.17, 15) is 22.7 Å². The molecule has 1 fully saturated rings. The summed E-state index contributed by atoms with van der Waals surface area (Å²) in [6, 6.07) is 5.87. The number of halogens is 4. The van der Waals surface area contributed by atoms with E-state index in [1.54, 1.807) is 29.7 Å². The average molecular weight is 423 g/mol. The third kappa shape index (κ3) is 3.79. The van der Waals surface area contributed by atoms with Crippen molar-refractivity contribution in [1.82, 2.24) is 19.5 Å². The van der Waals surface area contributed by atoms with E-state index in [1.165, 1.54) is 12.1 Å². The molecule has 6 nitrogen and oxygen atoms in total. The first-order valence-corrected chi connectivity index (χ1v) is 9.61. The molecule has 0 spiro atoms. The third-order valence-electron chi connectivity index (χ3n) is 5.26. The number of nitrogens with zero attached hydrogens (tertiary/aromatic N) is 4. The second-order valence-corrected chi connectivity index (χ2v) is 7.46. The lowest BCUT2D eigenvalue weighted by molar-refractivity contribution is -0.0571. The third-order valence-corrected chi connectivity index (χ3v) is 5.26. The minimum absolute atomic E-state index is 0.0515. The highest BCUT2D eigenvalue weighted by Crippen LogP contribution is 2.34. The number of benzene rings is 1. The number of likely N-dealkylation sites (tertiary alicyclic amines) is 1. The lowest BCUT2D eigenvalue weighted by Crippen LogP contribution is -2.48. The largest absolute Gasteiger partial charge is 0.507 e. The summed E-state index contributed by atoms with van der Waals surface area (Å²) in [5, 5.41) is 21.6. The summed E-state index contributed by atoms with van der Waals surface area (Å²) in [6.07, 6.45) is -2.45. The van der Waals surface area contributed by atoms with E-state index in [0.29, 0.717) is 29.9 Å². The van der Waals surface area contributed by atoms with Crippen LogP contribution in [0.3, 0.4) is 0 Å². The predicted molar refractivity (Wildman–Crippen MR) is 104 cm³/mol. The summed E-state index contributed by atoms with van der Waals surface area (Å²) >= 11 is 0. The summed E-state index contributed by atoms with van der Waals surface area (Å²) in [7, 11) is 0. The molecule has 30 heavy (non-hydrogen) atoms. The minimum atomic E-state index is -3.06. The molecular formula is C20H21F4N5O. The van der Waals surface area contributed by atoms with E-state index < -0.39 is 18.5 Å². The van der Waals surface area contributed by atoms with Crippen LogP contribution in [0.25, 0.3) is 16.8 Å². The maximum Gasteiger partial charge on any atom is 0.282 e. The number of alkyl halides is 3. The molecule has 3 aromatic rings. The number of aromatic nitrogens is 3. The Morgan fingerprint density at radius 3 is 2.77 bits per heavy atom. The first kappa shape index (κ1) is 20.4. The van der Waals surface area contributed by atoms with Crippen molar-refractivity contribution < 1.29 is 22.7 Å². The molecule has 10 heteroatoms. The Hall–Kier alpha value is -2.88. The molecule has 3 heterocycles. The Balaban J connectivity index is 1.64. The first-order chi connectivity index (χ1) is 14.3. The zero-order valence-corrected chi connectivity index (χ0v) is 16.2. The molecule has 1 unspecified atom stereocenters. The Morgan fingerprint density at radius 2 is 2.03 bits per heavy atom. The van der Waals surface area contributed by atoms with Gasteiger partial charge in [-0.2, -0.15) is 0 Å². The number of phenolic OH excluding ortho intramolecular Hbond substituents is 1. The fourth-order valence-corrected chi connectivity index (χ4v) is 3.88. The summed E-state index contributed by atoms with van der Waals surface area (Å²) in [5.41, 5.74) is 1.20. The van der Waals surface area contributed by atoms with Crippen LogP contribution in [0.4, 0.5) is 23.5 Å². The number of aryl methyl sites for hydroxylation is 1. The van der Waals surface area contributed by atoms with Gasteiger partial charge in [0.2, 0.25) is 12.2 Å². The van der Waals surface area contributed by atoms with E-state index in [4.69, 9.17) is 0 Å². The topological polar surface area (TPSA) is 65.7 Å². The van der Waals surface area contributed by atoms with Crippen LogP contribution in [-0.4, -0.2) is 56.5 Å². The summed E-state index contributed by atoms with van der Waals surface area (Å²) in [4.78, 5) is 1.11. The fourth-order valence-electron chi connectivity index (χ4n) is 3.88. The molecule has 1 aliphatic heterocycles. The summed E-state index contributed by atoms with van der Waals surface area (Å²) in [5.74, 6) is -0.533. The van der Waals surface area contributed by atoms with Crippen molar-refractivity contribution >= 4 is 11.5 Å². The summed E-state index contributed by atoms with van der Waals surface area (Å²) < 4.78 is 55.3. The van der Waals surface area contributed by atoms with Gasteiger partial charge in [-0.25, -0.2) is 17.6 Å². The van der Waals surface area contributed by atoms with Gasteiger partial charge in [-0.1, -0.05) is 0 Å². The Bertz CT molecular complexity index is 1030. The van der Waals surface area contributed by atoms with Crippen LogP contribution in [0.1, 0.15) is 18.4 Å². The molecule has 1 aromatic carbocycles. The van der Waals surface area contributed by atoms with Crippen molar-refractivity contribution in [3.05, 3.63) is 41.8 Å². The highest BCUT2D eigenvalue weighted by atomic mass is 19.3. The van der Waals surface area contributed by atoms with Crippen LogP contribution in [-0.2, 0) is 0 Å². The first-order valence-electron chi connectivity index (χ1n) is 9.61. The van der Waals surface area contributed by atoms with Crippen LogP contribution in [0.2, 0.25) is 0 Å². The van der Waals surface area contributed by atoms with Gasteiger partial charge in [-0.15, -0.1) is 10.2 Å². The molecule has 0 amide bonds. The minimum Gasteiger partial charge on any atom is -0.507 e. The SMILES string of the molecule is Cc1cc(O)c(-c2nnc(N[C@@H]3CCCN(C(F)C(F)F)C3)n3cccc23)c(F)c1. The lowest BCUT2D eigenvalue weighted by atomic mass is 10.1. The van der Waals surface area contributed by atoms with Gasteiger partial charge in [0.05, 0.1) is 11.1 Å². The lowest BCUT2D eigenvalue weighted by Gasteiger charge is -2.34. The Morgan fingerprint density at radius 1 is 1.23 bits per heavy atom. The van der Waals surface area contributed by atoms with Crippen LogP contribution < -0.4 is 5.32 Å². The predicted octanol–water partition coefficient (Wildman–Crippen LogP) is 3.99. The maximum atomic E-state index is 14.5. The molecule has 4 rings (SSSR count). The van der Waals surface area contributed by atoms with Gasteiger partial charge in [-0.05, 0) is 49.6 Å². The molecule has 1 aliphatic rings. The van der Waals surface area contributed by atoms with Crippen molar-refractivity contribution in [3.8, 4) is 17.0 Å². The standard InChI is InChI=1S/C20H21F4N5O/c1-11-8-13(21)16(15(30)9-11)17-14-5-3-7-29(14)20(27-26-17)25-12-4-2-6-28(10-12)19(24)18(22)23/h3,5,7-9,12,18-19,30H,2,4,6,10H2,1H3,(H,25,27)/t12-,19?/m1/s1. The molecule has 0 saturated carbocycles. The number of phenols is 1. The number of aromatic hydroxyl groups is 1. The van der Waals surface area contributed by atoms with Crippen LogP contribution in [0.15, 0.2) is 30.5 Å². The van der Waals surface area contributed by atoms with Gasteiger partial charge >= 0.3 is 0 Å². The number of nitrogens with one attached hydrogen (secondary N) is 1. The number of hydrogen-bond donors (Lipinski definition) is 2. The van der Waals surface area contributed by atoms with Crippen molar-refractivity contribution in [2.75, 3.05) is 18.4 Å². The molecular weight excluding hydrogens is 402 g/mol. The second kappa shape index (κ2) is 8.10. The number of rotatable bonds is 5. The molecule has 2 N–H and O–H groups in total. The van der Waals surface area contributed by atoms with E-state index in [2.05, 4.69) is 15.5 Å². The zero-order chi connectivity index (χ0) is 21.4. The van der Waals surface area contributed by atoms with E-state index in [-0.39, 0.29) is 36.1 Å². The van der Waals surface area contributed by atoms with E-state index in [1.807, 2.05) is 0 Å². The second-order valence-electron chi connectivity index (χ2n) is 7.46. The molecule has 2 aromatic heterocycles. The zero-order valence-electron chi connectivity index (χ0n) is 16.2. The quantitative estimate of drug-likeness (QED) is 0.480. The van der Waals surface area contributed by atoms with Gasteiger partial charge in [0.1, 0.15) is 17.3 Å². The van der Waals surface area contributed by atoms with Gasteiger partial charge in [0.25, 0.3) is 6.43 Å². The normalized spacial score (nSPS) is 18.8. The van der Waals surface area contributed by atoms with Crippen LogP contribution >= 0.6 is 0 Å². The van der Waals surface area contributed by atoms with Gasteiger partial charge in [-0.3, -0.25) is 9.30 Å². The molecule has 0 radical (unpaired) electrons.